The molecule has 0 radical (unpaired) electrons. The van der Waals surface area contributed by atoms with Crippen LogP contribution in [-0.4, -0.2) is 24.9 Å². The lowest BCUT2D eigenvalue weighted by atomic mass is 10.1. The average Bonchev–Trinajstić information content (AvgIpc) is 2.27. The molecule has 0 heterocycles. The van der Waals surface area contributed by atoms with Gasteiger partial charge < -0.3 is 14.6 Å². The quantitative estimate of drug-likeness (QED) is 0.833. The first-order chi connectivity index (χ1) is 8.08. The summed E-state index contributed by atoms with van der Waals surface area (Å²) in [6.07, 6.45) is 0.983. The highest BCUT2D eigenvalue weighted by molar-refractivity contribution is 5.44. The van der Waals surface area contributed by atoms with Gasteiger partial charge in [-0.3, -0.25) is 0 Å². The van der Waals surface area contributed by atoms with Gasteiger partial charge in [0, 0.05) is 12.7 Å². The van der Waals surface area contributed by atoms with E-state index in [4.69, 9.17) is 14.6 Å². The number of methoxy groups -OCH3 is 1. The summed E-state index contributed by atoms with van der Waals surface area (Å²) in [6.45, 7) is 3.79. The monoisotopic (exact) mass is 242 g/mol. The third-order valence-electron chi connectivity index (χ3n) is 2.30. The minimum Gasteiger partial charge on any atom is -0.493 e. The molecule has 0 spiro atoms. The Balaban J connectivity index is 2.97. The minimum absolute atomic E-state index is 0.0356. The molecule has 0 atom stereocenters. The molecule has 3 nitrogen and oxygen atoms in total. The van der Waals surface area contributed by atoms with Gasteiger partial charge in [-0.15, -0.1) is 0 Å². The van der Waals surface area contributed by atoms with Crippen molar-refractivity contribution < 1.29 is 19.0 Å². The van der Waals surface area contributed by atoms with E-state index in [9.17, 15) is 4.39 Å². The third-order valence-corrected chi connectivity index (χ3v) is 2.30. The summed E-state index contributed by atoms with van der Waals surface area (Å²) >= 11 is 0. The van der Waals surface area contributed by atoms with Crippen LogP contribution in [0.25, 0.3) is 0 Å². The van der Waals surface area contributed by atoms with E-state index in [0.717, 1.165) is 0 Å². The first-order valence-electron chi connectivity index (χ1n) is 5.72. The molecule has 17 heavy (non-hydrogen) atoms. The molecule has 0 aliphatic carbocycles. The summed E-state index contributed by atoms with van der Waals surface area (Å²) < 4.78 is 24.4. The van der Waals surface area contributed by atoms with E-state index in [1.54, 1.807) is 6.07 Å². The lowest BCUT2D eigenvalue weighted by Gasteiger charge is -2.15. The average molecular weight is 242 g/mol. The lowest BCUT2D eigenvalue weighted by Crippen LogP contribution is -2.08. The molecule has 0 aliphatic heterocycles. The molecule has 0 amide bonds. The van der Waals surface area contributed by atoms with E-state index in [1.807, 2.05) is 13.8 Å². The first-order valence-corrected chi connectivity index (χ1v) is 5.72. The summed E-state index contributed by atoms with van der Waals surface area (Å²) in [4.78, 5) is 0. The number of aliphatic hydroxyl groups excluding tert-OH is 1. The van der Waals surface area contributed by atoms with Crippen LogP contribution in [0.2, 0.25) is 0 Å². The summed E-state index contributed by atoms with van der Waals surface area (Å²) in [6, 6.07) is 2.97. The van der Waals surface area contributed by atoms with Crippen LogP contribution in [-0.2, 0) is 6.42 Å². The van der Waals surface area contributed by atoms with Crippen LogP contribution >= 0.6 is 0 Å². The fourth-order valence-electron chi connectivity index (χ4n) is 1.54. The summed E-state index contributed by atoms with van der Waals surface area (Å²) in [5.74, 6) is 0.607. The van der Waals surface area contributed by atoms with Crippen LogP contribution in [0.5, 0.6) is 11.5 Å². The highest BCUT2D eigenvalue weighted by Gasteiger charge is 2.12. The number of benzene rings is 1. The Kier molecular flexibility index (Phi) is 5.22. The van der Waals surface area contributed by atoms with Crippen LogP contribution in [0.3, 0.4) is 0 Å². The molecule has 4 heteroatoms. The van der Waals surface area contributed by atoms with Crippen LogP contribution in [0, 0.1) is 5.82 Å². The van der Waals surface area contributed by atoms with Crippen LogP contribution < -0.4 is 9.47 Å². The highest BCUT2D eigenvalue weighted by Crippen LogP contribution is 2.31. The fraction of sp³-hybridized carbons (Fsp3) is 0.538. The van der Waals surface area contributed by atoms with Gasteiger partial charge in [0.15, 0.2) is 11.5 Å². The van der Waals surface area contributed by atoms with Gasteiger partial charge in [-0.1, -0.05) is 0 Å². The second-order valence-corrected chi connectivity index (χ2v) is 4.09. The maximum Gasteiger partial charge on any atom is 0.164 e. The zero-order valence-electron chi connectivity index (χ0n) is 10.5. The predicted molar refractivity (Wildman–Crippen MR) is 64.1 cm³/mol. The molecular formula is C13H19FO3. The Labute approximate surface area is 101 Å². The molecule has 0 unspecified atom stereocenters. The highest BCUT2D eigenvalue weighted by atomic mass is 19.1. The molecule has 0 fully saturated rings. The molecular weight excluding hydrogens is 223 g/mol. The molecule has 0 saturated carbocycles. The number of rotatable bonds is 6. The second-order valence-electron chi connectivity index (χ2n) is 4.09. The Hall–Kier alpha value is -1.29. The van der Waals surface area contributed by atoms with Crippen molar-refractivity contribution in [2.45, 2.75) is 32.8 Å². The van der Waals surface area contributed by atoms with Gasteiger partial charge in [0.1, 0.15) is 5.82 Å². The fourth-order valence-corrected chi connectivity index (χ4v) is 1.54. The van der Waals surface area contributed by atoms with Crippen molar-refractivity contribution >= 4 is 0 Å². The number of hydrogen-bond donors (Lipinski definition) is 1. The zero-order chi connectivity index (χ0) is 12.8. The number of halogens is 1. The molecule has 1 N–H and O–H groups in total. The van der Waals surface area contributed by atoms with E-state index in [0.29, 0.717) is 29.9 Å². The Bertz CT molecular complexity index is 364. The van der Waals surface area contributed by atoms with E-state index in [2.05, 4.69) is 0 Å². The van der Waals surface area contributed by atoms with Crippen LogP contribution in [0.15, 0.2) is 12.1 Å². The number of aliphatic hydroxyl groups is 1. The van der Waals surface area contributed by atoms with E-state index in [1.165, 1.54) is 13.2 Å². The standard InChI is InChI=1S/C13H19FO3/c1-9(2)17-13-8-11(14)10(5-4-6-15)7-12(13)16-3/h7-9,15H,4-6H2,1-3H3. The van der Waals surface area contributed by atoms with E-state index < -0.39 is 0 Å². The van der Waals surface area contributed by atoms with Crippen molar-refractivity contribution in [1.82, 2.24) is 0 Å². The van der Waals surface area contributed by atoms with Gasteiger partial charge in [-0.2, -0.15) is 0 Å². The SMILES string of the molecule is COc1cc(CCCO)c(F)cc1OC(C)C. The molecule has 1 rings (SSSR count). The third kappa shape index (κ3) is 3.89. The predicted octanol–water partition coefficient (Wildman–Crippen LogP) is 2.55. The topological polar surface area (TPSA) is 38.7 Å². The zero-order valence-corrected chi connectivity index (χ0v) is 10.5. The molecule has 0 bridgehead atoms. The molecule has 0 aliphatic rings. The Morgan fingerprint density at radius 2 is 2.00 bits per heavy atom. The van der Waals surface area contributed by atoms with Gasteiger partial charge in [0.05, 0.1) is 13.2 Å². The molecule has 96 valence electrons. The second kappa shape index (κ2) is 6.45. The Morgan fingerprint density at radius 3 is 2.53 bits per heavy atom. The number of aryl methyl sites for hydroxylation is 1. The maximum atomic E-state index is 13.7. The van der Waals surface area contributed by atoms with Gasteiger partial charge in [-0.25, -0.2) is 4.39 Å². The summed E-state index contributed by atoms with van der Waals surface area (Å²) in [5.41, 5.74) is 0.534. The van der Waals surface area contributed by atoms with Gasteiger partial charge in [-0.05, 0) is 38.3 Å². The van der Waals surface area contributed by atoms with Crippen LogP contribution in [0.1, 0.15) is 25.8 Å². The van der Waals surface area contributed by atoms with Gasteiger partial charge >= 0.3 is 0 Å². The van der Waals surface area contributed by atoms with Gasteiger partial charge in [0.25, 0.3) is 0 Å². The molecule has 0 aromatic heterocycles. The normalized spacial score (nSPS) is 10.7. The van der Waals surface area contributed by atoms with Crippen molar-refractivity contribution in [3.63, 3.8) is 0 Å². The van der Waals surface area contributed by atoms with Crippen molar-refractivity contribution in [1.29, 1.82) is 0 Å². The Morgan fingerprint density at radius 1 is 1.29 bits per heavy atom. The largest absolute Gasteiger partial charge is 0.493 e. The summed E-state index contributed by atoms with van der Waals surface area (Å²) in [5, 5.41) is 8.74. The van der Waals surface area contributed by atoms with E-state index in [-0.39, 0.29) is 18.5 Å². The van der Waals surface area contributed by atoms with E-state index >= 15 is 0 Å². The van der Waals surface area contributed by atoms with Crippen molar-refractivity contribution in [3.05, 3.63) is 23.5 Å². The van der Waals surface area contributed by atoms with Gasteiger partial charge in [0.2, 0.25) is 0 Å². The molecule has 1 aromatic carbocycles. The van der Waals surface area contributed by atoms with Crippen molar-refractivity contribution in [2.24, 2.45) is 0 Å². The maximum absolute atomic E-state index is 13.7. The first kappa shape index (κ1) is 13.8. The molecule has 0 saturated heterocycles. The molecule has 1 aromatic rings. The smallest absolute Gasteiger partial charge is 0.164 e. The lowest BCUT2D eigenvalue weighted by molar-refractivity contribution is 0.228. The summed E-state index contributed by atoms with van der Waals surface area (Å²) in [7, 11) is 1.52. The minimum atomic E-state index is -0.324. The van der Waals surface area contributed by atoms with Crippen molar-refractivity contribution in [2.75, 3.05) is 13.7 Å². The number of hydrogen-bond acceptors (Lipinski definition) is 3. The van der Waals surface area contributed by atoms with Crippen molar-refractivity contribution in [3.8, 4) is 11.5 Å². The number of ether oxygens (including phenoxy) is 2. The van der Waals surface area contributed by atoms with Crippen LogP contribution in [0.4, 0.5) is 4.39 Å².